The van der Waals surface area contributed by atoms with Gasteiger partial charge < -0.3 is 10.2 Å². The van der Waals surface area contributed by atoms with Crippen molar-refractivity contribution in [3.63, 3.8) is 0 Å². The first-order chi connectivity index (χ1) is 11.1. The van der Waals surface area contributed by atoms with Crippen LogP contribution in [0.1, 0.15) is 49.4 Å². The Bertz CT molecular complexity index is 540. The first kappa shape index (κ1) is 17.8. The number of nitrogens with zero attached hydrogens (tertiary/aromatic N) is 1. The monoisotopic (exact) mass is 336 g/mol. The minimum Gasteiger partial charge on any atom is -0.356 e. The minimum absolute atomic E-state index is 0.0203. The standard InChI is InChI=1S/C18H25ClN2O2/c1-2-3-6-11-20-17(22)14-9-12-21(13-10-14)18(23)15-7-4-5-8-16(15)19/h4-5,7-8,14H,2-3,6,9-13H2,1H3,(H,20,22). The Morgan fingerprint density at radius 1 is 1.22 bits per heavy atom. The second-order valence-corrected chi connectivity index (χ2v) is 6.45. The molecule has 4 nitrogen and oxygen atoms in total. The van der Waals surface area contributed by atoms with Crippen LogP contribution in [0.4, 0.5) is 0 Å². The highest BCUT2D eigenvalue weighted by atomic mass is 35.5. The van der Waals surface area contributed by atoms with Crippen molar-refractivity contribution in [3.05, 3.63) is 34.9 Å². The van der Waals surface area contributed by atoms with E-state index in [0.29, 0.717) is 23.7 Å². The molecule has 0 aliphatic carbocycles. The molecule has 0 bridgehead atoms. The van der Waals surface area contributed by atoms with E-state index in [1.165, 1.54) is 0 Å². The second kappa shape index (κ2) is 8.92. The lowest BCUT2D eigenvalue weighted by Crippen LogP contribution is -2.43. The molecule has 0 spiro atoms. The number of halogens is 1. The number of hydrogen-bond acceptors (Lipinski definition) is 2. The van der Waals surface area contributed by atoms with E-state index in [9.17, 15) is 9.59 Å². The van der Waals surface area contributed by atoms with Gasteiger partial charge in [-0.25, -0.2) is 0 Å². The number of amides is 2. The lowest BCUT2D eigenvalue weighted by Gasteiger charge is -2.31. The fourth-order valence-electron chi connectivity index (χ4n) is 2.88. The zero-order chi connectivity index (χ0) is 16.7. The van der Waals surface area contributed by atoms with Gasteiger partial charge in [-0.2, -0.15) is 0 Å². The van der Waals surface area contributed by atoms with Crippen molar-refractivity contribution >= 4 is 23.4 Å². The van der Waals surface area contributed by atoms with Gasteiger partial charge >= 0.3 is 0 Å². The molecule has 1 fully saturated rings. The highest BCUT2D eigenvalue weighted by molar-refractivity contribution is 6.33. The number of unbranched alkanes of at least 4 members (excludes halogenated alkanes) is 2. The van der Waals surface area contributed by atoms with Gasteiger partial charge in [0, 0.05) is 25.6 Å². The number of carbonyl (C=O) groups excluding carboxylic acids is 2. The molecule has 1 saturated heterocycles. The van der Waals surface area contributed by atoms with Crippen molar-refractivity contribution < 1.29 is 9.59 Å². The van der Waals surface area contributed by atoms with Crippen molar-refractivity contribution in [2.75, 3.05) is 19.6 Å². The van der Waals surface area contributed by atoms with Crippen LogP contribution in [0.3, 0.4) is 0 Å². The number of benzene rings is 1. The van der Waals surface area contributed by atoms with Gasteiger partial charge in [-0.3, -0.25) is 9.59 Å². The summed E-state index contributed by atoms with van der Waals surface area (Å²) in [6.07, 6.45) is 4.77. The molecule has 0 unspecified atom stereocenters. The Balaban J connectivity index is 1.80. The molecule has 1 aliphatic rings. The van der Waals surface area contributed by atoms with E-state index in [2.05, 4.69) is 12.2 Å². The lowest BCUT2D eigenvalue weighted by atomic mass is 9.95. The predicted molar refractivity (Wildman–Crippen MR) is 92.6 cm³/mol. The largest absolute Gasteiger partial charge is 0.356 e. The summed E-state index contributed by atoms with van der Waals surface area (Å²) in [7, 11) is 0. The average Bonchev–Trinajstić information content (AvgIpc) is 2.58. The molecule has 1 heterocycles. The molecule has 2 amide bonds. The Morgan fingerprint density at radius 3 is 2.57 bits per heavy atom. The molecule has 1 N–H and O–H groups in total. The summed E-state index contributed by atoms with van der Waals surface area (Å²) in [6, 6.07) is 7.10. The summed E-state index contributed by atoms with van der Waals surface area (Å²) < 4.78 is 0. The van der Waals surface area contributed by atoms with E-state index in [0.717, 1.165) is 38.6 Å². The Labute approximate surface area is 143 Å². The van der Waals surface area contributed by atoms with E-state index in [4.69, 9.17) is 11.6 Å². The van der Waals surface area contributed by atoms with Crippen molar-refractivity contribution in [3.8, 4) is 0 Å². The van der Waals surface area contributed by atoms with Crippen molar-refractivity contribution in [2.45, 2.75) is 39.0 Å². The number of carbonyl (C=O) groups is 2. The number of piperidine rings is 1. The Morgan fingerprint density at radius 2 is 1.91 bits per heavy atom. The fourth-order valence-corrected chi connectivity index (χ4v) is 3.10. The quantitative estimate of drug-likeness (QED) is 0.808. The molecular formula is C18H25ClN2O2. The van der Waals surface area contributed by atoms with Crippen LogP contribution in [0.25, 0.3) is 0 Å². The highest BCUT2D eigenvalue weighted by Crippen LogP contribution is 2.22. The van der Waals surface area contributed by atoms with E-state index >= 15 is 0 Å². The van der Waals surface area contributed by atoms with Gasteiger partial charge in [0.2, 0.25) is 5.91 Å². The molecule has 0 atom stereocenters. The molecule has 0 aromatic heterocycles. The van der Waals surface area contributed by atoms with Crippen LogP contribution in [-0.2, 0) is 4.79 Å². The highest BCUT2D eigenvalue weighted by Gasteiger charge is 2.28. The fraction of sp³-hybridized carbons (Fsp3) is 0.556. The van der Waals surface area contributed by atoms with Crippen molar-refractivity contribution in [1.29, 1.82) is 0 Å². The number of likely N-dealkylation sites (tertiary alicyclic amines) is 1. The van der Waals surface area contributed by atoms with Gasteiger partial charge in [-0.1, -0.05) is 43.5 Å². The van der Waals surface area contributed by atoms with Crippen LogP contribution in [0.5, 0.6) is 0 Å². The van der Waals surface area contributed by atoms with Gasteiger partial charge in [0.15, 0.2) is 0 Å². The van der Waals surface area contributed by atoms with Crippen LogP contribution in [0.2, 0.25) is 5.02 Å². The van der Waals surface area contributed by atoms with Gasteiger partial charge in [0.1, 0.15) is 0 Å². The summed E-state index contributed by atoms with van der Waals surface area (Å²) in [5, 5.41) is 3.49. The Kier molecular flexibility index (Phi) is 6.90. The first-order valence-corrected chi connectivity index (χ1v) is 8.82. The molecule has 1 aromatic rings. The zero-order valence-corrected chi connectivity index (χ0v) is 14.4. The maximum atomic E-state index is 12.5. The van der Waals surface area contributed by atoms with Crippen LogP contribution in [0.15, 0.2) is 24.3 Å². The Hall–Kier alpha value is -1.55. The molecule has 1 aromatic carbocycles. The van der Waals surface area contributed by atoms with E-state index in [1.807, 2.05) is 12.1 Å². The van der Waals surface area contributed by atoms with Crippen LogP contribution >= 0.6 is 11.6 Å². The molecule has 2 rings (SSSR count). The molecular weight excluding hydrogens is 312 g/mol. The van der Waals surface area contributed by atoms with Gasteiger partial charge in [0.05, 0.1) is 10.6 Å². The van der Waals surface area contributed by atoms with Gasteiger partial charge in [-0.05, 0) is 31.4 Å². The summed E-state index contributed by atoms with van der Waals surface area (Å²) in [4.78, 5) is 26.4. The van der Waals surface area contributed by atoms with Crippen molar-refractivity contribution in [1.82, 2.24) is 10.2 Å². The maximum Gasteiger partial charge on any atom is 0.255 e. The van der Waals surface area contributed by atoms with Crippen LogP contribution in [0, 0.1) is 5.92 Å². The molecule has 23 heavy (non-hydrogen) atoms. The van der Waals surface area contributed by atoms with Crippen molar-refractivity contribution in [2.24, 2.45) is 5.92 Å². The second-order valence-electron chi connectivity index (χ2n) is 6.04. The predicted octanol–water partition coefficient (Wildman–Crippen LogP) is 3.50. The third kappa shape index (κ3) is 4.96. The van der Waals surface area contributed by atoms with E-state index < -0.39 is 0 Å². The normalized spacial score (nSPS) is 15.5. The maximum absolute atomic E-state index is 12.5. The first-order valence-electron chi connectivity index (χ1n) is 8.45. The number of hydrogen-bond donors (Lipinski definition) is 1. The van der Waals surface area contributed by atoms with Crippen LogP contribution in [-0.4, -0.2) is 36.3 Å². The third-order valence-corrected chi connectivity index (χ3v) is 4.67. The molecule has 5 heteroatoms. The molecule has 1 aliphatic heterocycles. The number of nitrogens with one attached hydrogen (secondary N) is 1. The minimum atomic E-state index is -0.0441. The summed E-state index contributed by atoms with van der Waals surface area (Å²) in [5.74, 6) is 0.107. The SMILES string of the molecule is CCCCCNC(=O)C1CCN(C(=O)c2ccccc2Cl)CC1. The summed E-state index contributed by atoms with van der Waals surface area (Å²) in [6.45, 7) is 4.12. The molecule has 126 valence electrons. The summed E-state index contributed by atoms with van der Waals surface area (Å²) in [5.41, 5.74) is 0.539. The zero-order valence-electron chi connectivity index (χ0n) is 13.7. The smallest absolute Gasteiger partial charge is 0.255 e. The number of rotatable bonds is 6. The van der Waals surface area contributed by atoms with E-state index in [-0.39, 0.29) is 17.7 Å². The van der Waals surface area contributed by atoms with E-state index in [1.54, 1.807) is 17.0 Å². The van der Waals surface area contributed by atoms with Crippen LogP contribution < -0.4 is 5.32 Å². The summed E-state index contributed by atoms with van der Waals surface area (Å²) >= 11 is 6.09. The van der Waals surface area contributed by atoms with Gasteiger partial charge in [0.25, 0.3) is 5.91 Å². The molecule has 0 radical (unpaired) electrons. The molecule has 0 saturated carbocycles. The topological polar surface area (TPSA) is 49.4 Å². The average molecular weight is 337 g/mol. The van der Waals surface area contributed by atoms with Gasteiger partial charge in [-0.15, -0.1) is 0 Å². The third-order valence-electron chi connectivity index (χ3n) is 4.34. The lowest BCUT2D eigenvalue weighted by molar-refractivity contribution is -0.126.